The maximum absolute atomic E-state index is 12.1. The summed E-state index contributed by atoms with van der Waals surface area (Å²) in [6.07, 6.45) is 0. The van der Waals surface area contributed by atoms with Gasteiger partial charge in [-0.05, 0) is 29.8 Å². The lowest BCUT2D eigenvalue weighted by atomic mass is 10.2. The number of esters is 1. The molecule has 2 aromatic rings. The summed E-state index contributed by atoms with van der Waals surface area (Å²) in [5.41, 5.74) is 0.439. The average Bonchev–Trinajstić information content (AvgIpc) is 3.03. The van der Waals surface area contributed by atoms with Crippen molar-refractivity contribution in [2.24, 2.45) is 5.14 Å². The minimum absolute atomic E-state index is 0.0561. The lowest BCUT2D eigenvalue weighted by molar-refractivity contribution is 0.0430. The maximum atomic E-state index is 12.1. The number of benzene rings is 1. The summed E-state index contributed by atoms with van der Waals surface area (Å²) in [5.74, 6) is -1.24. The molecule has 136 valence electrons. The number of carbonyl (C=O) groups is 1. The Balaban J connectivity index is 2.12. The van der Waals surface area contributed by atoms with E-state index in [0.717, 1.165) is 16.4 Å². The second-order valence-corrected chi connectivity index (χ2v) is 8.82. The van der Waals surface area contributed by atoms with E-state index in [0.29, 0.717) is 5.56 Å². The molecule has 0 aliphatic carbocycles. The molecule has 11 heteroatoms. The Bertz CT molecular complexity index is 992. The summed E-state index contributed by atoms with van der Waals surface area (Å²) in [6.45, 7) is -0.221. The predicted octanol–water partition coefficient (Wildman–Crippen LogP) is 0.534. The van der Waals surface area contributed by atoms with Gasteiger partial charge in [-0.1, -0.05) is 12.1 Å². The molecule has 0 saturated heterocycles. The number of hydrogen-bond acceptors (Lipinski definition) is 7. The van der Waals surface area contributed by atoms with Gasteiger partial charge >= 0.3 is 5.97 Å². The van der Waals surface area contributed by atoms with E-state index >= 15 is 0 Å². The number of ether oxygens (including phenoxy) is 1. The fraction of sp³-hybridized carbons (Fsp3) is 0.214. The van der Waals surface area contributed by atoms with Crippen molar-refractivity contribution in [3.63, 3.8) is 0 Å². The van der Waals surface area contributed by atoms with E-state index in [4.69, 9.17) is 14.3 Å². The molecule has 2 rings (SSSR count). The third-order valence-electron chi connectivity index (χ3n) is 3.11. The third kappa shape index (κ3) is 4.45. The van der Waals surface area contributed by atoms with E-state index in [1.807, 2.05) is 0 Å². The number of rotatable bonds is 6. The van der Waals surface area contributed by atoms with Crippen LogP contribution in [0.3, 0.4) is 0 Å². The van der Waals surface area contributed by atoms with Crippen molar-refractivity contribution in [1.29, 1.82) is 0 Å². The summed E-state index contributed by atoms with van der Waals surface area (Å²) in [4.78, 5) is 11.9. The molecule has 0 aliphatic heterocycles. The average molecular weight is 388 g/mol. The molecule has 0 unspecified atom stereocenters. The molecule has 1 heterocycles. The summed E-state index contributed by atoms with van der Waals surface area (Å²) in [6, 6.07) is 8.06. The van der Waals surface area contributed by atoms with Crippen molar-refractivity contribution >= 4 is 26.0 Å². The number of primary sulfonamides is 1. The number of carbonyl (C=O) groups excluding carboxylic acids is 1. The van der Waals surface area contributed by atoms with Crippen LogP contribution >= 0.6 is 0 Å². The smallest absolute Gasteiger partial charge is 0.374 e. The second-order valence-electron chi connectivity index (χ2n) is 5.17. The van der Waals surface area contributed by atoms with Crippen molar-refractivity contribution in [1.82, 2.24) is 4.31 Å². The molecule has 1 aromatic heterocycles. The van der Waals surface area contributed by atoms with Gasteiger partial charge in [0.25, 0.3) is 10.0 Å². The Morgan fingerprint density at radius 3 is 2.40 bits per heavy atom. The molecule has 1 aromatic carbocycles. The highest BCUT2D eigenvalue weighted by Crippen LogP contribution is 2.17. The van der Waals surface area contributed by atoms with Crippen LogP contribution in [0.1, 0.15) is 16.1 Å². The van der Waals surface area contributed by atoms with Crippen molar-refractivity contribution in [2.75, 3.05) is 14.1 Å². The quantitative estimate of drug-likeness (QED) is 0.713. The fourth-order valence-corrected chi connectivity index (χ4v) is 3.25. The van der Waals surface area contributed by atoms with Gasteiger partial charge in [-0.2, -0.15) is 0 Å². The summed E-state index contributed by atoms with van der Waals surface area (Å²) in [5, 5.41) is 4.33. The van der Waals surface area contributed by atoms with Crippen LogP contribution in [0.5, 0.6) is 0 Å². The molecule has 0 aliphatic rings. The van der Waals surface area contributed by atoms with Crippen molar-refractivity contribution in [3.05, 3.63) is 47.7 Å². The van der Waals surface area contributed by atoms with E-state index in [2.05, 4.69) is 0 Å². The lowest BCUT2D eigenvalue weighted by Gasteiger charge is -2.12. The van der Waals surface area contributed by atoms with Crippen LogP contribution in [0.15, 0.2) is 50.8 Å². The van der Waals surface area contributed by atoms with Gasteiger partial charge in [0.2, 0.25) is 20.9 Å². The van der Waals surface area contributed by atoms with E-state index in [-0.39, 0.29) is 17.3 Å². The first kappa shape index (κ1) is 19.1. The van der Waals surface area contributed by atoms with Crippen molar-refractivity contribution < 1.29 is 30.8 Å². The lowest BCUT2D eigenvalue weighted by Crippen LogP contribution is -2.22. The zero-order chi connectivity index (χ0) is 18.8. The molecule has 25 heavy (non-hydrogen) atoms. The molecule has 0 amide bonds. The van der Waals surface area contributed by atoms with Crippen LogP contribution < -0.4 is 5.14 Å². The molecular formula is C14H16N2O7S2. The van der Waals surface area contributed by atoms with Crippen LogP contribution in [0.2, 0.25) is 0 Å². The van der Waals surface area contributed by atoms with E-state index in [1.54, 1.807) is 6.07 Å². The predicted molar refractivity (Wildman–Crippen MR) is 86.5 cm³/mol. The Morgan fingerprint density at radius 1 is 1.16 bits per heavy atom. The number of nitrogens with zero attached hydrogens (tertiary/aromatic N) is 1. The normalized spacial score (nSPS) is 12.3. The zero-order valence-electron chi connectivity index (χ0n) is 13.4. The highest BCUT2D eigenvalue weighted by atomic mass is 32.2. The first-order valence-corrected chi connectivity index (χ1v) is 9.81. The minimum atomic E-state index is -4.06. The van der Waals surface area contributed by atoms with Crippen LogP contribution in [0.4, 0.5) is 0 Å². The highest BCUT2D eigenvalue weighted by Gasteiger charge is 2.20. The topological polar surface area (TPSA) is 137 Å². The second kappa shape index (κ2) is 6.96. The van der Waals surface area contributed by atoms with Crippen LogP contribution in [0, 0.1) is 0 Å². The van der Waals surface area contributed by atoms with Crippen LogP contribution in [-0.2, 0) is 31.4 Å². The number of sulfonamides is 2. The summed E-state index contributed by atoms with van der Waals surface area (Å²) >= 11 is 0. The first-order valence-electron chi connectivity index (χ1n) is 6.83. The number of hydrogen-bond donors (Lipinski definition) is 1. The van der Waals surface area contributed by atoms with Crippen molar-refractivity contribution in [3.8, 4) is 0 Å². The molecule has 0 fully saturated rings. The Hall–Kier alpha value is -2.21. The third-order valence-corrected chi connectivity index (χ3v) is 5.70. The van der Waals surface area contributed by atoms with E-state index < -0.39 is 31.1 Å². The minimum Gasteiger partial charge on any atom is -0.455 e. The maximum Gasteiger partial charge on any atom is 0.374 e. The van der Waals surface area contributed by atoms with Gasteiger partial charge in [-0.3, -0.25) is 0 Å². The molecule has 0 spiro atoms. The summed E-state index contributed by atoms with van der Waals surface area (Å²) in [7, 11) is -4.86. The van der Waals surface area contributed by atoms with Gasteiger partial charge in [0.05, 0.1) is 4.90 Å². The standard InChI is InChI=1S/C14H16N2O7S2/c1-16(2)25(20,21)11-5-3-4-10(8-11)9-22-14(17)12-6-7-13(23-12)24(15,18)19/h3-8H,9H2,1-2H3,(H2,15,18,19). The van der Waals surface area contributed by atoms with Gasteiger partial charge in [0, 0.05) is 14.1 Å². The fourth-order valence-electron chi connectivity index (χ4n) is 1.81. The van der Waals surface area contributed by atoms with E-state index in [1.165, 1.54) is 32.3 Å². The SMILES string of the molecule is CN(C)S(=O)(=O)c1cccc(COC(=O)c2ccc(S(N)(=O)=O)o2)c1. The van der Waals surface area contributed by atoms with Gasteiger partial charge < -0.3 is 9.15 Å². The highest BCUT2D eigenvalue weighted by molar-refractivity contribution is 7.89. The van der Waals surface area contributed by atoms with Gasteiger partial charge in [0.15, 0.2) is 0 Å². The Morgan fingerprint density at radius 2 is 1.84 bits per heavy atom. The van der Waals surface area contributed by atoms with Crippen LogP contribution in [-0.4, -0.2) is 41.2 Å². The Kier molecular flexibility index (Phi) is 5.32. The van der Waals surface area contributed by atoms with Gasteiger partial charge in [0.1, 0.15) is 6.61 Å². The zero-order valence-corrected chi connectivity index (χ0v) is 15.0. The Labute approximate surface area is 145 Å². The van der Waals surface area contributed by atoms with Gasteiger partial charge in [-0.15, -0.1) is 0 Å². The molecule has 9 nitrogen and oxygen atoms in total. The monoisotopic (exact) mass is 388 g/mol. The number of nitrogens with two attached hydrogens (primary N) is 1. The van der Waals surface area contributed by atoms with E-state index in [9.17, 15) is 21.6 Å². The number of furan rings is 1. The first-order chi connectivity index (χ1) is 11.5. The summed E-state index contributed by atoms with van der Waals surface area (Å²) < 4.78 is 57.2. The van der Waals surface area contributed by atoms with Gasteiger partial charge in [-0.25, -0.2) is 31.1 Å². The molecule has 0 saturated carbocycles. The molecule has 0 atom stereocenters. The van der Waals surface area contributed by atoms with Crippen LogP contribution in [0.25, 0.3) is 0 Å². The largest absolute Gasteiger partial charge is 0.455 e. The van der Waals surface area contributed by atoms with Crippen molar-refractivity contribution in [2.45, 2.75) is 16.6 Å². The molecule has 2 N–H and O–H groups in total. The molecular weight excluding hydrogens is 372 g/mol. The molecule has 0 radical (unpaired) electrons. The molecule has 0 bridgehead atoms.